The molecule has 0 bridgehead atoms. The molecule has 2 heterocycles. The predicted octanol–water partition coefficient (Wildman–Crippen LogP) is -0.419. The van der Waals surface area contributed by atoms with Gasteiger partial charge in [0.15, 0.2) is 11.2 Å². The molecular formula is C17H28N4O5. The molecule has 1 atom stereocenters. The Morgan fingerprint density at radius 3 is 2.54 bits per heavy atom. The van der Waals surface area contributed by atoms with Crippen molar-refractivity contribution < 1.29 is 15.3 Å². The van der Waals surface area contributed by atoms with Crippen LogP contribution in [-0.2, 0) is 20.1 Å². The highest BCUT2D eigenvalue weighted by Gasteiger charge is 2.17. The molecule has 3 N–H and O–H groups in total. The van der Waals surface area contributed by atoms with Crippen molar-refractivity contribution in [1.29, 1.82) is 0 Å². The fourth-order valence-electron chi connectivity index (χ4n) is 2.90. The topological polar surface area (TPSA) is 123 Å². The molecule has 146 valence electrons. The van der Waals surface area contributed by atoms with E-state index in [9.17, 15) is 19.8 Å². The van der Waals surface area contributed by atoms with Gasteiger partial charge in [-0.05, 0) is 39.5 Å². The van der Waals surface area contributed by atoms with E-state index in [4.69, 9.17) is 5.11 Å². The largest absolute Gasteiger partial charge is 0.394 e. The minimum Gasteiger partial charge on any atom is -0.394 e. The third-order valence-electron chi connectivity index (χ3n) is 4.44. The van der Waals surface area contributed by atoms with Crippen molar-refractivity contribution in [2.75, 3.05) is 6.61 Å². The highest BCUT2D eigenvalue weighted by Crippen LogP contribution is 2.12. The molecule has 0 amide bonds. The minimum atomic E-state index is -0.871. The Morgan fingerprint density at radius 1 is 1.23 bits per heavy atom. The maximum absolute atomic E-state index is 12.8. The smallest absolute Gasteiger partial charge is 0.332 e. The predicted molar refractivity (Wildman–Crippen MR) is 97.1 cm³/mol. The second kappa shape index (κ2) is 8.15. The van der Waals surface area contributed by atoms with Gasteiger partial charge in [-0.2, -0.15) is 0 Å². The Morgan fingerprint density at radius 2 is 1.92 bits per heavy atom. The van der Waals surface area contributed by atoms with Gasteiger partial charge in [0.2, 0.25) is 0 Å². The number of aliphatic hydroxyl groups excluding tert-OH is 2. The number of imidazole rings is 1. The summed E-state index contributed by atoms with van der Waals surface area (Å²) in [5, 5.41) is 28.2. The monoisotopic (exact) mass is 368 g/mol. The van der Waals surface area contributed by atoms with Gasteiger partial charge >= 0.3 is 5.69 Å². The van der Waals surface area contributed by atoms with Crippen molar-refractivity contribution in [2.24, 2.45) is 7.05 Å². The first-order chi connectivity index (χ1) is 12.2. The lowest BCUT2D eigenvalue weighted by molar-refractivity contribution is 0.0678. The molecule has 0 aromatic carbocycles. The van der Waals surface area contributed by atoms with Crippen LogP contribution in [0.2, 0.25) is 0 Å². The third kappa shape index (κ3) is 4.60. The summed E-state index contributed by atoms with van der Waals surface area (Å²) in [6, 6.07) is 0. The molecule has 9 heteroatoms. The molecule has 2 aromatic rings. The lowest BCUT2D eigenvalue weighted by Crippen LogP contribution is -2.39. The summed E-state index contributed by atoms with van der Waals surface area (Å²) in [7, 11) is 1.57. The van der Waals surface area contributed by atoms with Crippen LogP contribution in [0, 0.1) is 0 Å². The number of aromatic nitrogens is 4. The van der Waals surface area contributed by atoms with E-state index in [2.05, 4.69) is 4.98 Å². The van der Waals surface area contributed by atoms with Gasteiger partial charge in [0.25, 0.3) is 5.56 Å². The number of hydrogen-bond acceptors (Lipinski definition) is 6. The van der Waals surface area contributed by atoms with Crippen LogP contribution in [0.3, 0.4) is 0 Å². The standard InChI is InChI=1S/C17H28N4O5/c1-17(2,26)7-4-5-8-21-15(24)13-14(19(3)16(21)25)18-11-20(13)9-6-12(23)10-22/h11-12,22-23,26H,4-10H2,1-3H3. The van der Waals surface area contributed by atoms with Crippen LogP contribution in [0.15, 0.2) is 15.9 Å². The number of nitrogens with zero attached hydrogens (tertiary/aromatic N) is 4. The molecule has 1 unspecified atom stereocenters. The van der Waals surface area contributed by atoms with Gasteiger partial charge < -0.3 is 19.9 Å². The zero-order chi connectivity index (χ0) is 19.5. The van der Waals surface area contributed by atoms with E-state index in [1.165, 1.54) is 15.5 Å². The van der Waals surface area contributed by atoms with Gasteiger partial charge in [0, 0.05) is 20.1 Å². The van der Waals surface area contributed by atoms with Gasteiger partial charge in [-0.15, -0.1) is 0 Å². The molecule has 0 spiro atoms. The maximum atomic E-state index is 12.8. The van der Waals surface area contributed by atoms with Crippen LogP contribution in [0.1, 0.15) is 39.5 Å². The summed E-state index contributed by atoms with van der Waals surface area (Å²) in [4.78, 5) is 29.4. The second-order valence-corrected chi connectivity index (χ2v) is 7.30. The van der Waals surface area contributed by atoms with Gasteiger partial charge in [0.05, 0.1) is 24.6 Å². The number of hydrogen-bond donors (Lipinski definition) is 3. The molecular weight excluding hydrogens is 340 g/mol. The summed E-state index contributed by atoms with van der Waals surface area (Å²) in [6.07, 6.45) is 2.75. The number of aryl methyl sites for hydroxylation is 2. The Bertz CT molecular complexity index is 859. The molecule has 9 nitrogen and oxygen atoms in total. The normalized spacial score (nSPS) is 13.5. The van der Waals surface area contributed by atoms with E-state index in [1.54, 1.807) is 25.5 Å². The molecule has 2 rings (SSSR count). The third-order valence-corrected chi connectivity index (χ3v) is 4.44. The molecule has 0 fully saturated rings. The van der Waals surface area contributed by atoms with E-state index in [-0.39, 0.29) is 19.6 Å². The zero-order valence-electron chi connectivity index (χ0n) is 15.6. The van der Waals surface area contributed by atoms with E-state index >= 15 is 0 Å². The van der Waals surface area contributed by atoms with Crippen LogP contribution >= 0.6 is 0 Å². The SMILES string of the molecule is Cn1c(=O)n(CCCCC(C)(C)O)c(=O)c2c1ncn2CCC(O)CO. The molecule has 0 aliphatic carbocycles. The van der Waals surface area contributed by atoms with E-state index in [1.807, 2.05) is 0 Å². The first-order valence-electron chi connectivity index (χ1n) is 8.81. The van der Waals surface area contributed by atoms with Crippen molar-refractivity contribution in [3.05, 3.63) is 27.2 Å². The Labute approximate surface area is 151 Å². The van der Waals surface area contributed by atoms with Crippen molar-refractivity contribution >= 4 is 11.2 Å². The van der Waals surface area contributed by atoms with Gasteiger partial charge in [-0.1, -0.05) is 0 Å². The molecule has 0 aliphatic heterocycles. The molecule has 0 radical (unpaired) electrons. The molecule has 2 aromatic heterocycles. The first-order valence-corrected chi connectivity index (χ1v) is 8.81. The van der Waals surface area contributed by atoms with Gasteiger partial charge in [-0.3, -0.25) is 13.9 Å². The minimum absolute atomic E-state index is 0.266. The van der Waals surface area contributed by atoms with Crippen molar-refractivity contribution in [3.8, 4) is 0 Å². The van der Waals surface area contributed by atoms with E-state index in [0.29, 0.717) is 37.0 Å². The summed E-state index contributed by atoms with van der Waals surface area (Å²) in [5.74, 6) is 0. The zero-order valence-corrected chi connectivity index (χ0v) is 15.6. The van der Waals surface area contributed by atoms with Crippen LogP contribution in [0.4, 0.5) is 0 Å². The van der Waals surface area contributed by atoms with E-state index < -0.39 is 23.0 Å². The quantitative estimate of drug-likeness (QED) is 0.517. The highest BCUT2D eigenvalue weighted by atomic mass is 16.3. The number of rotatable bonds is 9. The molecule has 0 aliphatic rings. The summed E-state index contributed by atoms with van der Waals surface area (Å²) in [5.41, 5.74) is -1.01. The first kappa shape index (κ1) is 20.3. The van der Waals surface area contributed by atoms with Crippen molar-refractivity contribution in [1.82, 2.24) is 18.7 Å². The summed E-state index contributed by atoms with van der Waals surface area (Å²) < 4.78 is 4.13. The Hall–Kier alpha value is -1.97. The van der Waals surface area contributed by atoms with Crippen molar-refractivity contribution in [2.45, 2.75) is 64.3 Å². The second-order valence-electron chi connectivity index (χ2n) is 7.30. The summed E-state index contributed by atoms with van der Waals surface area (Å²) >= 11 is 0. The van der Waals surface area contributed by atoms with Crippen LogP contribution < -0.4 is 11.2 Å². The Kier molecular flexibility index (Phi) is 6.38. The number of fused-ring (bicyclic) bond motifs is 1. The van der Waals surface area contributed by atoms with Gasteiger partial charge in [-0.25, -0.2) is 9.78 Å². The van der Waals surface area contributed by atoms with E-state index in [0.717, 1.165) is 0 Å². The molecule has 0 saturated carbocycles. The average Bonchev–Trinajstić information content (AvgIpc) is 3.00. The van der Waals surface area contributed by atoms with Crippen LogP contribution in [0.5, 0.6) is 0 Å². The average molecular weight is 368 g/mol. The van der Waals surface area contributed by atoms with Crippen LogP contribution in [-0.4, -0.2) is 52.3 Å². The maximum Gasteiger partial charge on any atom is 0.332 e. The number of unbranched alkanes of at least 4 members (excludes halogenated alkanes) is 1. The fraction of sp³-hybridized carbons (Fsp3) is 0.706. The highest BCUT2D eigenvalue weighted by molar-refractivity contribution is 5.69. The van der Waals surface area contributed by atoms with Gasteiger partial charge in [0.1, 0.15) is 0 Å². The lowest BCUT2D eigenvalue weighted by Gasteiger charge is -2.16. The molecule has 26 heavy (non-hydrogen) atoms. The number of aliphatic hydroxyl groups is 3. The molecule has 0 saturated heterocycles. The van der Waals surface area contributed by atoms with Crippen molar-refractivity contribution in [3.63, 3.8) is 0 Å². The van der Waals surface area contributed by atoms with Crippen LogP contribution in [0.25, 0.3) is 11.2 Å². The lowest BCUT2D eigenvalue weighted by atomic mass is 10.0. The summed E-state index contributed by atoms with van der Waals surface area (Å²) in [6.45, 7) is 3.68. The fourth-order valence-corrected chi connectivity index (χ4v) is 2.90. The Balaban J connectivity index is 2.30.